The maximum absolute atomic E-state index is 6.82. The Morgan fingerprint density at radius 1 is 0.595 bits per heavy atom. The lowest BCUT2D eigenvalue weighted by molar-refractivity contribution is -0.250. The van der Waals surface area contributed by atoms with Crippen LogP contribution in [0.2, 0.25) is 0 Å². The van der Waals surface area contributed by atoms with Crippen LogP contribution in [-0.2, 0) is 43.5 Å². The molecule has 5 rings (SSSR count). The highest BCUT2D eigenvalue weighted by Gasteiger charge is 2.48. The van der Waals surface area contributed by atoms with Gasteiger partial charge in [-0.3, -0.25) is 0 Å². The van der Waals surface area contributed by atoms with E-state index in [4.69, 9.17) is 23.7 Å². The summed E-state index contributed by atoms with van der Waals surface area (Å²) in [4.78, 5) is 1.09. The van der Waals surface area contributed by atoms with Crippen molar-refractivity contribution in [3.05, 3.63) is 151 Å². The van der Waals surface area contributed by atoms with E-state index in [1.807, 2.05) is 72.8 Å². The fourth-order valence-electron chi connectivity index (χ4n) is 4.89. The third-order valence-electron chi connectivity index (χ3n) is 6.96. The number of ether oxygens (including phenoxy) is 5. The average Bonchev–Trinajstić information content (AvgIpc) is 3.04. The van der Waals surface area contributed by atoms with Crippen LogP contribution >= 0.6 is 11.8 Å². The first-order valence-electron chi connectivity index (χ1n) is 14.3. The Bertz CT molecular complexity index is 1310. The third kappa shape index (κ3) is 8.88. The Balaban J connectivity index is 1.42. The minimum Gasteiger partial charge on any atom is -0.374 e. The van der Waals surface area contributed by atoms with E-state index in [1.54, 1.807) is 17.8 Å². The molecular weight excluding hydrogens is 544 g/mol. The molecule has 42 heavy (non-hydrogen) atoms. The normalized spacial score (nSPS) is 22.0. The number of benzene rings is 4. The predicted molar refractivity (Wildman–Crippen MR) is 167 cm³/mol. The zero-order chi connectivity index (χ0) is 28.8. The first-order chi connectivity index (χ1) is 20.8. The first-order valence-corrected chi connectivity index (χ1v) is 15.2. The summed E-state index contributed by atoms with van der Waals surface area (Å²) in [5.74, 6) is 0. The van der Waals surface area contributed by atoms with Crippen LogP contribution in [0.4, 0.5) is 0 Å². The molecule has 0 aliphatic carbocycles. The second-order valence-corrected chi connectivity index (χ2v) is 11.3. The molecule has 0 saturated carbocycles. The van der Waals surface area contributed by atoms with Gasteiger partial charge < -0.3 is 23.7 Å². The number of rotatable bonds is 15. The molecule has 1 aliphatic rings. The number of hydrogen-bond donors (Lipinski definition) is 0. The van der Waals surface area contributed by atoms with Gasteiger partial charge in [0.25, 0.3) is 0 Å². The molecule has 5 nitrogen and oxygen atoms in total. The van der Waals surface area contributed by atoms with Gasteiger partial charge in [0, 0.05) is 4.90 Å². The Morgan fingerprint density at radius 2 is 1.10 bits per heavy atom. The molecule has 1 aliphatic heterocycles. The largest absolute Gasteiger partial charge is 0.374 e. The van der Waals surface area contributed by atoms with Crippen molar-refractivity contribution in [2.75, 3.05) is 13.2 Å². The second kappa shape index (κ2) is 16.4. The second-order valence-electron chi connectivity index (χ2n) is 10.1. The molecule has 0 bridgehead atoms. The number of hydrogen-bond acceptors (Lipinski definition) is 6. The van der Waals surface area contributed by atoms with Gasteiger partial charge in [-0.05, 0) is 28.8 Å². The maximum atomic E-state index is 6.82. The molecule has 6 heteroatoms. The van der Waals surface area contributed by atoms with Crippen molar-refractivity contribution in [1.82, 2.24) is 0 Å². The van der Waals surface area contributed by atoms with Gasteiger partial charge >= 0.3 is 0 Å². The number of thioether (sulfide) groups is 1. The lowest BCUT2D eigenvalue weighted by Crippen LogP contribution is -2.60. The van der Waals surface area contributed by atoms with Gasteiger partial charge in [0.05, 0.1) is 33.0 Å². The summed E-state index contributed by atoms with van der Waals surface area (Å²) in [5.41, 5.74) is 2.91. The molecular formula is C36H38O5S. The molecule has 0 unspecified atom stereocenters. The molecule has 0 N–H and O–H groups in total. The van der Waals surface area contributed by atoms with Crippen LogP contribution in [0.25, 0.3) is 0 Å². The SMILES string of the molecule is C=CCO[C@@H]1[C@H](OCc2ccccc2)[C@@H](Sc2ccccc2)O[C@H](COCc2ccccc2)[C@H]1OCc1ccccc1. The molecule has 0 spiro atoms. The van der Waals surface area contributed by atoms with E-state index >= 15 is 0 Å². The van der Waals surface area contributed by atoms with Crippen LogP contribution in [0.15, 0.2) is 139 Å². The van der Waals surface area contributed by atoms with Crippen molar-refractivity contribution in [2.24, 2.45) is 0 Å². The van der Waals surface area contributed by atoms with Crippen molar-refractivity contribution < 1.29 is 23.7 Å². The molecule has 218 valence electrons. The molecule has 1 saturated heterocycles. The van der Waals surface area contributed by atoms with Gasteiger partial charge in [-0.15, -0.1) is 6.58 Å². The van der Waals surface area contributed by atoms with Crippen molar-refractivity contribution in [2.45, 2.75) is 54.6 Å². The highest BCUT2D eigenvalue weighted by atomic mass is 32.2. The van der Waals surface area contributed by atoms with Crippen molar-refractivity contribution in [3.63, 3.8) is 0 Å². The zero-order valence-corrected chi connectivity index (χ0v) is 24.5. The smallest absolute Gasteiger partial charge is 0.137 e. The third-order valence-corrected chi connectivity index (χ3v) is 8.11. The molecule has 5 atom stereocenters. The van der Waals surface area contributed by atoms with Gasteiger partial charge in [0.15, 0.2) is 0 Å². The Kier molecular flexibility index (Phi) is 11.8. The monoisotopic (exact) mass is 582 g/mol. The topological polar surface area (TPSA) is 46.2 Å². The van der Waals surface area contributed by atoms with Crippen LogP contribution in [0.3, 0.4) is 0 Å². The Hall–Kier alpha value is -3.23. The summed E-state index contributed by atoms with van der Waals surface area (Å²) in [5, 5.41) is 0. The van der Waals surface area contributed by atoms with E-state index in [-0.39, 0.29) is 11.5 Å². The van der Waals surface area contributed by atoms with E-state index in [2.05, 4.69) is 55.1 Å². The van der Waals surface area contributed by atoms with Crippen molar-refractivity contribution in [3.8, 4) is 0 Å². The molecule has 0 amide bonds. The van der Waals surface area contributed by atoms with Gasteiger partial charge in [-0.1, -0.05) is 127 Å². The maximum Gasteiger partial charge on any atom is 0.137 e. The van der Waals surface area contributed by atoms with Crippen LogP contribution in [0.1, 0.15) is 16.7 Å². The van der Waals surface area contributed by atoms with E-state index < -0.39 is 18.3 Å². The zero-order valence-electron chi connectivity index (χ0n) is 23.7. The van der Waals surface area contributed by atoms with Crippen molar-refractivity contribution >= 4 is 11.8 Å². The highest BCUT2D eigenvalue weighted by molar-refractivity contribution is 7.99. The van der Waals surface area contributed by atoms with Gasteiger partial charge in [0.2, 0.25) is 0 Å². The van der Waals surface area contributed by atoms with Crippen molar-refractivity contribution in [1.29, 1.82) is 0 Å². The van der Waals surface area contributed by atoms with E-state index in [0.29, 0.717) is 33.0 Å². The predicted octanol–water partition coefficient (Wildman–Crippen LogP) is 7.46. The summed E-state index contributed by atoms with van der Waals surface area (Å²) in [6.07, 6.45) is 0.106. The van der Waals surface area contributed by atoms with Crippen LogP contribution in [0, 0.1) is 0 Å². The summed E-state index contributed by atoms with van der Waals surface area (Å²) in [6.45, 7) is 5.94. The fraction of sp³-hybridized carbons (Fsp3) is 0.278. The van der Waals surface area contributed by atoms with Gasteiger partial charge in [-0.2, -0.15) is 0 Å². The molecule has 0 aromatic heterocycles. The quantitative estimate of drug-likeness (QED) is 0.136. The van der Waals surface area contributed by atoms with Crippen LogP contribution < -0.4 is 0 Å². The molecule has 1 heterocycles. The molecule has 1 fully saturated rings. The van der Waals surface area contributed by atoms with E-state index in [1.165, 1.54) is 0 Å². The summed E-state index contributed by atoms with van der Waals surface area (Å²) < 4.78 is 32.8. The minimum absolute atomic E-state index is 0.347. The minimum atomic E-state index is -0.436. The molecule has 4 aromatic rings. The lowest BCUT2D eigenvalue weighted by atomic mass is 9.99. The molecule has 0 radical (unpaired) electrons. The Labute approximate surface area is 253 Å². The average molecular weight is 583 g/mol. The lowest BCUT2D eigenvalue weighted by Gasteiger charge is -2.46. The highest BCUT2D eigenvalue weighted by Crippen LogP contribution is 2.38. The standard InChI is InChI=1S/C36H38O5S/c1-2-23-38-34-33(39-25-29-17-9-4-10-18-29)32(27-37-24-28-15-7-3-8-16-28)41-36(42-31-21-13-6-14-22-31)35(34)40-26-30-19-11-5-12-20-30/h2-22,32-36H,1,23-27H2/t32-,33-,34+,35+,36-/m1/s1. The summed E-state index contributed by atoms with van der Waals surface area (Å²) in [7, 11) is 0. The van der Waals surface area contributed by atoms with E-state index in [0.717, 1.165) is 21.6 Å². The van der Waals surface area contributed by atoms with E-state index in [9.17, 15) is 0 Å². The summed E-state index contributed by atoms with van der Waals surface area (Å²) in [6, 6.07) is 40.7. The van der Waals surface area contributed by atoms with Gasteiger partial charge in [0.1, 0.15) is 29.9 Å². The van der Waals surface area contributed by atoms with Gasteiger partial charge in [-0.25, -0.2) is 0 Å². The first kappa shape index (κ1) is 30.2. The van der Waals surface area contributed by atoms with Crippen LogP contribution in [-0.4, -0.2) is 43.1 Å². The molecule has 4 aromatic carbocycles. The van der Waals surface area contributed by atoms with Crippen LogP contribution in [0.5, 0.6) is 0 Å². The summed E-state index contributed by atoms with van der Waals surface area (Å²) >= 11 is 1.63. The fourth-order valence-corrected chi connectivity index (χ4v) is 6.04. The Morgan fingerprint density at radius 3 is 1.64 bits per heavy atom.